The van der Waals surface area contributed by atoms with Gasteiger partial charge in [-0.05, 0) is 18.2 Å². The maximum absolute atomic E-state index is 12.4. The summed E-state index contributed by atoms with van der Waals surface area (Å²) in [7, 11) is 1.80. The van der Waals surface area contributed by atoms with Crippen molar-refractivity contribution < 1.29 is 4.79 Å². The highest BCUT2D eigenvalue weighted by atomic mass is 35.5. The van der Waals surface area contributed by atoms with Crippen LogP contribution >= 0.6 is 11.6 Å². The first-order chi connectivity index (χ1) is 12.6. The van der Waals surface area contributed by atoms with E-state index in [-0.39, 0.29) is 6.03 Å². The number of fused-ring (bicyclic) bond motifs is 1. The molecule has 3 heterocycles. The highest BCUT2D eigenvalue weighted by Crippen LogP contribution is 2.21. The molecule has 0 spiro atoms. The molecule has 1 N–H and O–H groups in total. The maximum Gasteiger partial charge on any atom is 0.321 e. The number of rotatable bonds is 2. The number of urea groups is 1. The molecule has 1 aliphatic rings. The monoisotopic (exact) mass is 372 g/mol. The van der Waals surface area contributed by atoms with Gasteiger partial charge >= 0.3 is 6.03 Å². The van der Waals surface area contributed by atoms with E-state index in [1.807, 2.05) is 6.07 Å². The Hall–Kier alpha value is -2.94. The number of aromatic nitrogens is 5. The number of piperazine rings is 1. The van der Waals surface area contributed by atoms with E-state index in [1.54, 1.807) is 34.8 Å². The van der Waals surface area contributed by atoms with Crippen LogP contribution in [0.2, 0.25) is 5.02 Å². The molecule has 9 nitrogen and oxygen atoms in total. The molecule has 2 amide bonds. The normalized spacial score (nSPS) is 14.7. The zero-order valence-corrected chi connectivity index (χ0v) is 14.9. The number of halogens is 1. The summed E-state index contributed by atoms with van der Waals surface area (Å²) in [4.78, 5) is 24.9. The van der Waals surface area contributed by atoms with Crippen molar-refractivity contribution in [2.75, 3.05) is 36.4 Å². The minimum absolute atomic E-state index is 0.140. The lowest BCUT2D eigenvalue weighted by Crippen LogP contribution is -2.50. The summed E-state index contributed by atoms with van der Waals surface area (Å²) in [6.07, 6.45) is 1.51. The predicted molar refractivity (Wildman–Crippen MR) is 98.4 cm³/mol. The van der Waals surface area contributed by atoms with Gasteiger partial charge in [-0.1, -0.05) is 22.9 Å². The van der Waals surface area contributed by atoms with Crippen molar-refractivity contribution >= 4 is 40.3 Å². The molecule has 1 aromatic carbocycles. The number of anilines is 2. The topological polar surface area (TPSA) is 92.1 Å². The van der Waals surface area contributed by atoms with Crippen LogP contribution in [-0.4, -0.2) is 62.1 Å². The van der Waals surface area contributed by atoms with Crippen molar-refractivity contribution in [3.8, 4) is 0 Å². The molecule has 2 aromatic heterocycles. The van der Waals surface area contributed by atoms with E-state index in [1.165, 1.54) is 6.33 Å². The van der Waals surface area contributed by atoms with Crippen molar-refractivity contribution in [3.05, 3.63) is 35.6 Å². The Morgan fingerprint density at radius 2 is 2.00 bits per heavy atom. The minimum atomic E-state index is -0.140. The molecule has 0 aliphatic carbocycles. The Kier molecular flexibility index (Phi) is 4.29. The third-order valence-electron chi connectivity index (χ3n) is 4.31. The van der Waals surface area contributed by atoms with Crippen molar-refractivity contribution in [3.63, 3.8) is 0 Å². The van der Waals surface area contributed by atoms with E-state index < -0.39 is 0 Å². The third-order valence-corrected chi connectivity index (χ3v) is 4.55. The number of benzene rings is 1. The quantitative estimate of drug-likeness (QED) is 0.737. The molecule has 0 saturated carbocycles. The number of nitrogens with one attached hydrogen (secondary N) is 1. The van der Waals surface area contributed by atoms with Gasteiger partial charge in [0.15, 0.2) is 17.0 Å². The molecule has 1 saturated heterocycles. The fraction of sp³-hybridized carbons (Fsp3) is 0.312. The lowest BCUT2D eigenvalue weighted by Gasteiger charge is -2.35. The number of carbonyl (C=O) groups excluding carboxylic acids is 1. The summed E-state index contributed by atoms with van der Waals surface area (Å²) in [5, 5.41) is 11.6. The van der Waals surface area contributed by atoms with Gasteiger partial charge in [-0.15, -0.1) is 5.10 Å². The molecule has 10 heteroatoms. The number of nitrogens with zero attached hydrogens (tertiary/aromatic N) is 7. The fourth-order valence-corrected chi connectivity index (χ4v) is 3.15. The van der Waals surface area contributed by atoms with Crippen LogP contribution in [0.15, 0.2) is 30.6 Å². The molecule has 1 aliphatic heterocycles. The predicted octanol–water partition coefficient (Wildman–Crippen LogP) is 1.77. The molecule has 0 unspecified atom stereocenters. The molecule has 26 heavy (non-hydrogen) atoms. The molecule has 4 rings (SSSR count). The van der Waals surface area contributed by atoms with Crippen molar-refractivity contribution in [1.29, 1.82) is 0 Å². The lowest BCUT2D eigenvalue weighted by atomic mass is 10.3. The van der Waals surface area contributed by atoms with E-state index in [0.717, 1.165) is 5.82 Å². The van der Waals surface area contributed by atoms with Gasteiger partial charge in [0.1, 0.15) is 6.33 Å². The number of hydrogen-bond acceptors (Lipinski definition) is 6. The second kappa shape index (κ2) is 6.75. The van der Waals surface area contributed by atoms with Gasteiger partial charge in [0.05, 0.1) is 0 Å². The zero-order chi connectivity index (χ0) is 18.1. The van der Waals surface area contributed by atoms with Crippen LogP contribution < -0.4 is 10.2 Å². The van der Waals surface area contributed by atoms with Gasteiger partial charge in [-0.3, -0.25) is 0 Å². The number of amides is 2. The van der Waals surface area contributed by atoms with Crippen molar-refractivity contribution in [1.82, 2.24) is 29.9 Å². The van der Waals surface area contributed by atoms with Crippen molar-refractivity contribution in [2.45, 2.75) is 0 Å². The molecule has 134 valence electrons. The minimum Gasteiger partial charge on any atom is -0.351 e. The van der Waals surface area contributed by atoms with E-state index >= 15 is 0 Å². The highest BCUT2D eigenvalue weighted by molar-refractivity contribution is 6.30. The van der Waals surface area contributed by atoms with Crippen LogP contribution in [-0.2, 0) is 7.05 Å². The molecule has 3 aromatic rings. The summed E-state index contributed by atoms with van der Waals surface area (Å²) in [5.41, 5.74) is 2.05. The van der Waals surface area contributed by atoms with Crippen LogP contribution in [0.4, 0.5) is 16.3 Å². The SMILES string of the molecule is Cn1nnc2c(N3CCN(C(=O)Nc4cccc(Cl)c4)CC3)ncnc21. The molecular formula is C16H17ClN8O. The van der Waals surface area contributed by atoms with Crippen LogP contribution in [0.25, 0.3) is 11.2 Å². The standard InChI is InChI=1S/C16H17ClN8O/c1-23-14-13(21-22-23)15(19-10-18-14)24-5-7-25(8-6-24)16(26)20-12-4-2-3-11(17)9-12/h2-4,9-10H,5-8H2,1H3,(H,20,26). The highest BCUT2D eigenvalue weighted by Gasteiger charge is 2.24. The van der Waals surface area contributed by atoms with Crippen LogP contribution in [0, 0.1) is 0 Å². The largest absolute Gasteiger partial charge is 0.351 e. The smallest absolute Gasteiger partial charge is 0.321 e. The summed E-state index contributed by atoms with van der Waals surface area (Å²) >= 11 is 5.95. The van der Waals surface area contributed by atoms with Gasteiger partial charge in [0.25, 0.3) is 0 Å². The summed E-state index contributed by atoms with van der Waals surface area (Å²) in [5.74, 6) is 0.748. The third kappa shape index (κ3) is 3.13. The van der Waals surface area contributed by atoms with Crippen LogP contribution in [0.1, 0.15) is 0 Å². The second-order valence-electron chi connectivity index (χ2n) is 6.00. The molecule has 0 bridgehead atoms. The molecule has 1 fully saturated rings. The molecule has 0 atom stereocenters. The average molecular weight is 373 g/mol. The Labute approximate surface area is 154 Å². The first-order valence-corrected chi connectivity index (χ1v) is 8.56. The van der Waals surface area contributed by atoms with Gasteiger partial charge in [-0.25, -0.2) is 19.4 Å². The van der Waals surface area contributed by atoms with Gasteiger partial charge in [0, 0.05) is 43.9 Å². The Morgan fingerprint density at radius 1 is 1.19 bits per heavy atom. The zero-order valence-electron chi connectivity index (χ0n) is 14.1. The molecule has 0 radical (unpaired) electrons. The fourth-order valence-electron chi connectivity index (χ4n) is 2.96. The van der Waals surface area contributed by atoms with Gasteiger partial charge in [-0.2, -0.15) is 0 Å². The number of aryl methyl sites for hydroxylation is 1. The lowest BCUT2D eigenvalue weighted by molar-refractivity contribution is 0.208. The van der Waals surface area contributed by atoms with Gasteiger partial charge < -0.3 is 15.1 Å². The van der Waals surface area contributed by atoms with E-state index in [0.29, 0.717) is 48.1 Å². The summed E-state index contributed by atoms with van der Waals surface area (Å²) in [6.45, 7) is 2.48. The van der Waals surface area contributed by atoms with E-state index in [9.17, 15) is 4.79 Å². The van der Waals surface area contributed by atoms with E-state index in [4.69, 9.17) is 11.6 Å². The summed E-state index contributed by atoms with van der Waals surface area (Å²) < 4.78 is 1.62. The second-order valence-corrected chi connectivity index (χ2v) is 6.43. The van der Waals surface area contributed by atoms with Crippen molar-refractivity contribution in [2.24, 2.45) is 7.05 Å². The number of carbonyl (C=O) groups is 1. The van der Waals surface area contributed by atoms with Crippen LogP contribution in [0.5, 0.6) is 0 Å². The Morgan fingerprint density at radius 3 is 2.77 bits per heavy atom. The Bertz CT molecular complexity index is 950. The first kappa shape index (κ1) is 16.5. The number of hydrogen-bond donors (Lipinski definition) is 1. The Balaban J connectivity index is 1.43. The average Bonchev–Trinajstić information content (AvgIpc) is 3.03. The van der Waals surface area contributed by atoms with E-state index in [2.05, 4.69) is 30.5 Å². The molecular weight excluding hydrogens is 356 g/mol. The first-order valence-electron chi connectivity index (χ1n) is 8.18. The maximum atomic E-state index is 12.4. The van der Waals surface area contributed by atoms with Crippen LogP contribution in [0.3, 0.4) is 0 Å². The summed E-state index contributed by atoms with van der Waals surface area (Å²) in [6, 6.07) is 6.97. The van der Waals surface area contributed by atoms with Gasteiger partial charge in [0.2, 0.25) is 0 Å².